The summed E-state index contributed by atoms with van der Waals surface area (Å²) in [6.07, 6.45) is 5.13. The van der Waals surface area contributed by atoms with E-state index in [0.717, 1.165) is 43.1 Å². The number of hydrogen-bond acceptors (Lipinski definition) is 3. The third-order valence-corrected chi connectivity index (χ3v) is 6.25. The van der Waals surface area contributed by atoms with Crippen LogP contribution in [0.4, 0.5) is 0 Å². The highest BCUT2D eigenvalue weighted by molar-refractivity contribution is 5.94. The Labute approximate surface area is 203 Å². The molecule has 0 unspecified atom stereocenters. The van der Waals surface area contributed by atoms with E-state index < -0.39 is 0 Å². The van der Waals surface area contributed by atoms with Crippen LogP contribution < -0.4 is 11.1 Å². The van der Waals surface area contributed by atoms with E-state index in [1.54, 1.807) is 0 Å². The van der Waals surface area contributed by atoms with Crippen molar-refractivity contribution >= 4 is 12.2 Å². The number of nitrogens with one attached hydrogen (secondary N) is 1. The lowest BCUT2D eigenvalue weighted by atomic mass is 9.82. The number of benzene rings is 3. The predicted molar refractivity (Wildman–Crippen MR) is 139 cm³/mol. The monoisotopic (exact) mass is 457 g/mol. The van der Waals surface area contributed by atoms with Crippen LogP contribution in [0, 0.1) is 6.92 Å². The molecule has 0 radical (unpaired) electrons. The largest absolute Gasteiger partial charge is 0.398 e. The van der Waals surface area contributed by atoms with Gasteiger partial charge in [0.05, 0.1) is 0 Å². The summed E-state index contributed by atoms with van der Waals surface area (Å²) in [5.41, 5.74) is 16.3. The highest BCUT2D eigenvalue weighted by atomic mass is 16.6. The molecule has 178 valence electrons. The van der Waals surface area contributed by atoms with Crippen molar-refractivity contribution in [1.82, 2.24) is 5.32 Å². The molecule has 0 spiro atoms. The van der Waals surface area contributed by atoms with Crippen LogP contribution in [0.1, 0.15) is 68.7 Å². The van der Waals surface area contributed by atoms with Gasteiger partial charge in [-0.15, -0.1) is 0 Å². The van der Waals surface area contributed by atoms with Crippen molar-refractivity contribution in [3.8, 4) is 0 Å². The first kappa shape index (κ1) is 25.0. The number of hydrogen-bond donors (Lipinski definition) is 2. The molecule has 0 saturated carbocycles. The summed E-state index contributed by atoms with van der Waals surface area (Å²) in [7, 11) is 1.43. The Kier molecular flexibility index (Phi) is 8.86. The van der Waals surface area contributed by atoms with Gasteiger partial charge in [-0.3, -0.25) is 4.79 Å². The Morgan fingerprint density at radius 2 is 1.53 bits per heavy atom. The minimum atomic E-state index is -0.00486. The second-order valence-electron chi connectivity index (χ2n) is 8.54. The van der Waals surface area contributed by atoms with Crippen molar-refractivity contribution in [1.29, 1.82) is 0 Å². The summed E-state index contributed by atoms with van der Waals surface area (Å²) < 4.78 is 0. The average molecular weight is 458 g/mol. The van der Waals surface area contributed by atoms with E-state index in [1.165, 1.54) is 46.1 Å². The number of nitrogens with two attached hydrogens (primary N) is 1. The lowest BCUT2D eigenvalue weighted by molar-refractivity contribution is 0.0951. The Hall–Kier alpha value is -3.60. The Morgan fingerprint density at radius 1 is 0.941 bits per heavy atom. The van der Waals surface area contributed by atoms with Crippen molar-refractivity contribution in [3.05, 3.63) is 105 Å². The van der Waals surface area contributed by atoms with Gasteiger partial charge in [0.2, 0.25) is 0 Å². The van der Waals surface area contributed by atoms with Gasteiger partial charge in [-0.05, 0) is 83.7 Å². The molecule has 0 bridgehead atoms. The number of aryl methyl sites for hydroxylation is 3. The molecule has 3 N–H and O–H groups in total. The molecule has 5 heteroatoms. The predicted octanol–water partition coefficient (Wildman–Crippen LogP) is 5.08. The molecule has 3 aromatic carbocycles. The molecule has 0 aliphatic heterocycles. The quantitative estimate of drug-likeness (QED) is 0.241. The van der Waals surface area contributed by atoms with Crippen molar-refractivity contribution < 1.29 is 9.63 Å². The minimum absolute atomic E-state index is 0.00486. The first-order chi connectivity index (χ1) is 16.5. The maximum absolute atomic E-state index is 12.7. The number of carbonyl (C=O) groups excluding carboxylic acids is 1. The topological polar surface area (TPSA) is 76.7 Å². The SMILES string of the molecule is CCc1cc2c(cc1CC)Cc1cc(C(=O)NCc3ccc(C)cc3)ccc1C2.CO/N=C/N. The van der Waals surface area contributed by atoms with E-state index in [2.05, 4.69) is 84.6 Å². The maximum atomic E-state index is 12.7. The third kappa shape index (κ3) is 6.25. The van der Waals surface area contributed by atoms with Crippen LogP contribution in [-0.4, -0.2) is 19.4 Å². The average Bonchev–Trinajstić information content (AvgIpc) is 2.86. The molecule has 1 amide bonds. The van der Waals surface area contributed by atoms with Gasteiger partial charge in [-0.1, -0.05) is 67.0 Å². The van der Waals surface area contributed by atoms with E-state index in [0.29, 0.717) is 6.54 Å². The fourth-order valence-electron chi connectivity index (χ4n) is 4.34. The van der Waals surface area contributed by atoms with Crippen LogP contribution in [-0.2, 0) is 37.1 Å². The van der Waals surface area contributed by atoms with E-state index in [-0.39, 0.29) is 5.91 Å². The van der Waals surface area contributed by atoms with Crippen molar-refractivity contribution in [3.63, 3.8) is 0 Å². The van der Waals surface area contributed by atoms with Gasteiger partial charge in [0, 0.05) is 12.1 Å². The van der Waals surface area contributed by atoms with Gasteiger partial charge in [0.15, 0.2) is 0 Å². The van der Waals surface area contributed by atoms with Gasteiger partial charge in [-0.25, -0.2) is 0 Å². The summed E-state index contributed by atoms with van der Waals surface area (Å²) in [6, 6.07) is 19.3. The molecule has 0 atom stereocenters. The van der Waals surface area contributed by atoms with Crippen LogP contribution in [0.5, 0.6) is 0 Å². The molecular formula is C29H35N3O2. The molecule has 0 heterocycles. The van der Waals surface area contributed by atoms with E-state index in [9.17, 15) is 4.79 Å². The molecule has 3 aromatic rings. The Bertz CT molecular complexity index is 1150. The number of rotatable bonds is 6. The molecule has 0 aromatic heterocycles. The van der Waals surface area contributed by atoms with Crippen LogP contribution >= 0.6 is 0 Å². The summed E-state index contributed by atoms with van der Waals surface area (Å²) in [6.45, 7) is 7.09. The second-order valence-corrected chi connectivity index (χ2v) is 8.54. The molecule has 1 aliphatic carbocycles. The van der Waals surface area contributed by atoms with E-state index in [1.807, 2.05) is 6.07 Å². The first-order valence-electron chi connectivity index (χ1n) is 11.8. The molecule has 34 heavy (non-hydrogen) atoms. The van der Waals surface area contributed by atoms with Crippen LogP contribution in [0.2, 0.25) is 0 Å². The zero-order chi connectivity index (χ0) is 24.5. The summed E-state index contributed by atoms with van der Waals surface area (Å²) >= 11 is 0. The molecule has 0 fully saturated rings. The van der Waals surface area contributed by atoms with Crippen molar-refractivity contribution in [2.75, 3.05) is 7.11 Å². The normalized spacial score (nSPS) is 11.8. The molecule has 4 rings (SSSR count). The standard InChI is InChI=1S/C27H29NO.C2H6N2O/c1-4-20-12-25-14-22-10-11-23(15-24(22)16-26(25)13-21(20)5-2)27(29)28-17-19-8-6-18(3)7-9-19;1-5-4-2-3/h6-13,15H,4-5,14,16-17H2,1-3H3,(H,28,29);2H,1H3,(H2,3,4). The summed E-state index contributed by atoms with van der Waals surface area (Å²) in [4.78, 5) is 16.8. The minimum Gasteiger partial charge on any atom is -0.398 e. The van der Waals surface area contributed by atoms with Gasteiger partial charge in [0.1, 0.15) is 13.4 Å². The number of amides is 1. The van der Waals surface area contributed by atoms with Crippen molar-refractivity contribution in [2.45, 2.75) is 53.0 Å². The summed E-state index contributed by atoms with van der Waals surface area (Å²) in [5, 5.41) is 6.18. The Morgan fingerprint density at radius 3 is 2.06 bits per heavy atom. The molecular weight excluding hydrogens is 422 g/mol. The fourth-order valence-corrected chi connectivity index (χ4v) is 4.34. The van der Waals surface area contributed by atoms with Gasteiger partial charge in [-0.2, -0.15) is 0 Å². The highest BCUT2D eigenvalue weighted by Gasteiger charge is 2.19. The van der Waals surface area contributed by atoms with Crippen molar-refractivity contribution in [2.24, 2.45) is 10.9 Å². The maximum Gasteiger partial charge on any atom is 0.251 e. The van der Waals surface area contributed by atoms with Crippen LogP contribution in [0.3, 0.4) is 0 Å². The zero-order valence-electron chi connectivity index (χ0n) is 20.7. The highest BCUT2D eigenvalue weighted by Crippen LogP contribution is 2.30. The molecule has 1 aliphatic rings. The van der Waals surface area contributed by atoms with Crippen LogP contribution in [0.15, 0.2) is 59.8 Å². The van der Waals surface area contributed by atoms with Gasteiger partial charge in [0.25, 0.3) is 5.91 Å². The fraction of sp³-hybridized carbons (Fsp3) is 0.310. The number of fused-ring (bicyclic) bond motifs is 2. The lowest BCUT2D eigenvalue weighted by Crippen LogP contribution is -2.23. The van der Waals surface area contributed by atoms with Gasteiger partial charge >= 0.3 is 0 Å². The van der Waals surface area contributed by atoms with E-state index in [4.69, 9.17) is 5.73 Å². The Balaban J connectivity index is 0.000000588. The molecule has 5 nitrogen and oxygen atoms in total. The smallest absolute Gasteiger partial charge is 0.251 e. The first-order valence-corrected chi connectivity index (χ1v) is 11.8. The van der Waals surface area contributed by atoms with Gasteiger partial charge < -0.3 is 15.9 Å². The zero-order valence-corrected chi connectivity index (χ0v) is 20.7. The third-order valence-electron chi connectivity index (χ3n) is 6.25. The molecule has 0 saturated heterocycles. The van der Waals surface area contributed by atoms with E-state index >= 15 is 0 Å². The van der Waals surface area contributed by atoms with Crippen LogP contribution in [0.25, 0.3) is 0 Å². The number of nitrogens with zero attached hydrogens (tertiary/aromatic N) is 1. The second kappa shape index (κ2) is 12.0. The summed E-state index contributed by atoms with van der Waals surface area (Å²) in [5.74, 6) is -0.00486. The lowest BCUT2D eigenvalue weighted by Gasteiger charge is -2.23. The number of oxime groups is 1. The number of carbonyl (C=O) groups is 1.